The molecule has 3 rings (SSSR count). The molecule has 0 fully saturated rings. The number of nitrogens with one attached hydrogen (secondary N) is 2. The molecule has 0 unspecified atom stereocenters. The summed E-state index contributed by atoms with van der Waals surface area (Å²) in [5.74, 6) is -1.08. The van der Waals surface area contributed by atoms with Crippen LogP contribution in [-0.4, -0.2) is 24.1 Å². The average molecular weight is 399 g/mol. The summed E-state index contributed by atoms with van der Waals surface area (Å²) in [4.78, 5) is 25.1. The van der Waals surface area contributed by atoms with Gasteiger partial charge in [0, 0.05) is 12.1 Å². The second kappa shape index (κ2) is 10.7. The molecule has 3 aromatic carbocycles. The quantitative estimate of drug-likeness (QED) is 0.448. The number of hydrogen-bond donors (Lipinski definition) is 2. The Bertz CT molecular complexity index is 947. The fourth-order valence-electron chi connectivity index (χ4n) is 3.18. The number of nitrogens with zero attached hydrogens (tertiary/aromatic N) is 1. The molecule has 3 aromatic rings. The van der Waals surface area contributed by atoms with Crippen LogP contribution in [0.4, 0.5) is 0 Å². The van der Waals surface area contributed by atoms with E-state index in [1.165, 1.54) is 0 Å². The number of amides is 2. The van der Waals surface area contributed by atoms with Gasteiger partial charge in [-0.25, -0.2) is 5.43 Å². The van der Waals surface area contributed by atoms with Gasteiger partial charge in [-0.3, -0.25) is 9.59 Å². The first-order valence-corrected chi connectivity index (χ1v) is 9.87. The first kappa shape index (κ1) is 21.0. The molecule has 0 saturated heterocycles. The van der Waals surface area contributed by atoms with E-state index >= 15 is 0 Å². The lowest BCUT2D eigenvalue weighted by molar-refractivity contribution is -0.126. The maximum atomic E-state index is 12.9. The third-order valence-corrected chi connectivity index (χ3v) is 4.63. The first-order chi connectivity index (χ1) is 14.6. The monoisotopic (exact) mass is 399 g/mol. The van der Waals surface area contributed by atoms with Crippen LogP contribution in [0.1, 0.15) is 29.5 Å². The van der Waals surface area contributed by atoms with E-state index in [1.54, 1.807) is 0 Å². The molecule has 0 radical (unpaired) electrons. The van der Waals surface area contributed by atoms with Gasteiger partial charge in [-0.2, -0.15) is 5.10 Å². The van der Waals surface area contributed by atoms with Gasteiger partial charge >= 0.3 is 0 Å². The lowest BCUT2D eigenvalue weighted by Crippen LogP contribution is -2.38. The Morgan fingerprint density at radius 2 is 1.30 bits per heavy atom. The van der Waals surface area contributed by atoms with Gasteiger partial charge in [0.25, 0.3) is 5.91 Å². The summed E-state index contributed by atoms with van der Waals surface area (Å²) in [6, 6.07) is 29.0. The van der Waals surface area contributed by atoms with Crippen molar-refractivity contribution < 1.29 is 9.59 Å². The molecule has 0 aromatic heterocycles. The second-order valence-electron chi connectivity index (χ2n) is 7.02. The highest BCUT2D eigenvalue weighted by atomic mass is 16.2. The number of benzene rings is 3. The van der Waals surface area contributed by atoms with E-state index in [4.69, 9.17) is 0 Å². The molecular formula is C25H25N3O2. The van der Waals surface area contributed by atoms with Gasteiger partial charge in [-0.05, 0) is 23.6 Å². The van der Waals surface area contributed by atoms with Gasteiger partial charge in [0.15, 0.2) is 0 Å². The van der Waals surface area contributed by atoms with E-state index < -0.39 is 5.92 Å². The molecule has 0 saturated carbocycles. The minimum atomic E-state index is -0.483. The van der Waals surface area contributed by atoms with E-state index in [2.05, 4.69) is 15.8 Å². The second-order valence-corrected chi connectivity index (χ2v) is 7.02. The molecule has 30 heavy (non-hydrogen) atoms. The Labute approximate surface area is 176 Å². The van der Waals surface area contributed by atoms with Gasteiger partial charge in [-0.15, -0.1) is 0 Å². The fraction of sp³-hybridized carbons (Fsp3) is 0.160. The topological polar surface area (TPSA) is 70.6 Å². The Balaban J connectivity index is 1.58. The standard InChI is InChI=1S/C25H25N3O2/c1-19(17-20-11-5-2-6-12-20)27-28-23(29)18-26-25(30)24(21-13-7-3-8-14-21)22-15-9-4-10-16-22/h2-16,24H,17-18H2,1H3,(H,26,30)(H,28,29)/b27-19+. The number of hydrogen-bond acceptors (Lipinski definition) is 3. The van der Waals surface area contributed by atoms with Crippen LogP contribution in [0, 0.1) is 0 Å². The van der Waals surface area contributed by atoms with Gasteiger partial charge in [-0.1, -0.05) is 91.0 Å². The van der Waals surface area contributed by atoms with E-state index in [0.717, 1.165) is 22.4 Å². The Hall–Kier alpha value is -3.73. The van der Waals surface area contributed by atoms with Gasteiger partial charge in [0.1, 0.15) is 0 Å². The summed E-state index contributed by atoms with van der Waals surface area (Å²) in [7, 11) is 0. The molecule has 152 valence electrons. The van der Waals surface area contributed by atoms with E-state index in [9.17, 15) is 9.59 Å². The largest absolute Gasteiger partial charge is 0.346 e. The minimum absolute atomic E-state index is 0.142. The molecule has 0 bridgehead atoms. The van der Waals surface area contributed by atoms with Crippen molar-refractivity contribution in [3.63, 3.8) is 0 Å². The predicted octanol–water partition coefficient (Wildman–Crippen LogP) is 3.67. The third-order valence-electron chi connectivity index (χ3n) is 4.63. The molecule has 2 amide bonds. The maximum Gasteiger partial charge on any atom is 0.259 e. The van der Waals surface area contributed by atoms with Gasteiger partial charge in [0.2, 0.25) is 5.91 Å². The molecule has 0 heterocycles. The highest BCUT2D eigenvalue weighted by molar-refractivity contribution is 5.91. The van der Waals surface area contributed by atoms with E-state index in [0.29, 0.717) is 6.42 Å². The maximum absolute atomic E-state index is 12.9. The van der Waals surface area contributed by atoms with Crippen LogP contribution < -0.4 is 10.7 Å². The third kappa shape index (κ3) is 6.14. The summed E-state index contributed by atoms with van der Waals surface area (Å²) in [6.45, 7) is 1.71. The lowest BCUT2D eigenvalue weighted by atomic mass is 9.90. The minimum Gasteiger partial charge on any atom is -0.346 e. The normalized spacial score (nSPS) is 11.2. The van der Waals surface area contributed by atoms with E-state index in [1.807, 2.05) is 97.9 Å². The summed E-state index contributed by atoms with van der Waals surface area (Å²) < 4.78 is 0. The van der Waals surface area contributed by atoms with Crippen molar-refractivity contribution >= 4 is 17.5 Å². The number of hydrazone groups is 1. The molecule has 0 spiro atoms. The van der Waals surface area contributed by atoms with Crippen molar-refractivity contribution in [1.29, 1.82) is 0 Å². The van der Waals surface area contributed by atoms with Crippen LogP contribution in [0.25, 0.3) is 0 Å². The fourth-order valence-corrected chi connectivity index (χ4v) is 3.18. The van der Waals surface area contributed by atoms with Crippen molar-refractivity contribution in [3.05, 3.63) is 108 Å². The van der Waals surface area contributed by atoms with Crippen molar-refractivity contribution in [2.75, 3.05) is 6.54 Å². The molecular weight excluding hydrogens is 374 g/mol. The van der Waals surface area contributed by atoms with Crippen LogP contribution in [0.3, 0.4) is 0 Å². The summed E-state index contributed by atoms with van der Waals surface area (Å²) in [5.41, 5.74) is 6.16. The average Bonchev–Trinajstić information content (AvgIpc) is 2.78. The van der Waals surface area contributed by atoms with Crippen LogP contribution in [0.15, 0.2) is 96.1 Å². The molecule has 0 aliphatic carbocycles. The number of rotatable bonds is 8. The highest BCUT2D eigenvalue weighted by Crippen LogP contribution is 2.24. The molecule has 5 heteroatoms. The van der Waals surface area contributed by atoms with Crippen LogP contribution in [0.5, 0.6) is 0 Å². The zero-order valence-corrected chi connectivity index (χ0v) is 16.9. The summed E-state index contributed by atoms with van der Waals surface area (Å²) in [5, 5.41) is 6.86. The highest BCUT2D eigenvalue weighted by Gasteiger charge is 2.22. The molecule has 5 nitrogen and oxygen atoms in total. The Morgan fingerprint density at radius 3 is 1.83 bits per heavy atom. The van der Waals surface area contributed by atoms with Crippen molar-refractivity contribution in [1.82, 2.24) is 10.7 Å². The molecule has 0 aliphatic rings. The zero-order chi connectivity index (χ0) is 21.2. The molecule has 0 aliphatic heterocycles. The SMILES string of the molecule is C/C(Cc1ccccc1)=N\NC(=O)CNC(=O)C(c1ccccc1)c1ccccc1. The summed E-state index contributed by atoms with van der Waals surface area (Å²) >= 11 is 0. The summed E-state index contributed by atoms with van der Waals surface area (Å²) in [6.07, 6.45) is 0.650. The van der Waals surface area contributed by atoms with Gasteiger partial charge < -0.3 is 5.32 Å². The van der Waals surface area contributed by atoms with Crippen molar-refractivity contribution in [2.45, 2.75) is 19.3 Å². The molecule has 0 atom stereocenters. The van der Waals surface area contributed by atoms with Gasteiger partial charge in [0.05, 0.1) is 12.5 Å². The number of carbonyl (C=O) groups excluding carboxylic acids is 2. The lowest BCUT2D eigenvalue weighted by Gasteiger charge is -2.17. The Morgan fingerprint density at radius 1 is 0.800 bits per heavy atom. The van der Waals surface area contributed by atoms with E-state index in [-0.39, 0.29) is 18.4 Å². The van der Waals surface area contributed by atoms with Crippen molar-refractivity contribution in [3.8, 4) is 0 Å². The predicted molar refractivity (Wildman–Crippen MR) is 119 cm³/mol. The van der Waals surface area contributed by atoms with Crippen LogP contribution in [0.2, 0.25) is 0 Å². The smallest absolute Gasteiger partial charge is 0.259 e. The van der Waals surface area contributed by atoms with Crippen LogP contribution >= 0.6 is 0 Å². The molecule has 2 N–H and O–H groups in total. The first-order valence-electron chi connectivity index (χ1n) is 9.87. The Kier molecular flexibility index (Phi) is 7.50. The van der Waals surface area contributed by atoms with Crippen molar-refractivity contribution in [2.24, 2.45) is 5.10 Å². The van der Waals surface area contributed by atoms with Crippen LogP contribution in [-0.2, 0) is 16.0 Å². The zero-order valence-electron chi connectivity index (χ0n) is 16.9. The number of carbonyl (C=O) groups is 2.